The summed E-state index contributed by atoms with van der Waals surface area (Å²) in [6.07, 6.45) is 3.72. The molecule has 0 rings (SSSR count). The van der Waals surface area contributed by atoms with Gasteiger partial charge in [-0.05, 0) is 24.3 Å². The molecular formula is C11H21NO3S. The van der Waals surface area contributed by atoms with Crippen LogP contribution in [0.4, 0.5) is 0 Å². The predicted molar refractivity (Wildman–Crippen MR) is 66.6 cm³/mol. The second-order valence-corrected chi connectivity index (χ2v) is 4.94. The number of carboxylic acid groups (broad SMARTS) is 1. The second-order valence-electron chi connectivity index (χ2n) is 3.96. The largest absolute Gasteiger partial charge is 0.480 e. The summed E-state index contributed by atoms with van der Waals surface area (Å²) in [4.78, 5) is 22.4. The molecule has 0 aromatic heterocycles. The maximum absolute atomic E-state index is 11.5. The highest BCUT2D eigenvalue weighted by Gasteiger charge is 2.19. The van der Waals surface area contributed by atoms with Gasteiger partial charge in [0.15, 0.2) is 0 Å². The Hall–Kier alpha value is -0.710. The summed E-state index contributed by atoms with van der Waals surface area (Å²) < 4.78 is 0. The van der Waals surface area contributed by atoms with E-state index in [1.54, 1.807) is 11.8 Å². The van der Waals surface area contributed by atoms with Crippen LogP contribution in [0.2, 0.25) is 0 Å². The molecule has 0 saturated carbocycles. The van der Waals surface area contributed by atoms with Gasteiger partial charge in [0, 0.05) is 6.42 Å². The third kappa shape index (κ3) is 6.71. The van der Waals surface area contributed by atoms with E-state index in [9.17, 15) is 9.59 Å². The molecule has 2 atom stereocenters. The van der Waals surface area contributed by atoms with Crippen LogP contribution in [0.1, 0.15) is 33.1 Å². The molecule has 16 heavy (non-hydrogen) atoms. The van der Waals surface area contributed by atoms with Crippen molar-refractivity contribution in [1.29, 1.82) is 0 Å². The van der Waals surface area contributed by atoms with Crippen LogP contribution < -0.4 is 5.32 Å². The average molecular weight is 247 g/mol. The maximum atomic E-state index is 11.5. The van der Waals surface area contributed by atoms with E-state index in [0.717, 1.165) is 12.2 Å². The summed E-state index contributed by atoms with van der Waals surface area (Å²) in [6, 6.07) is -0.746. The minimum Gasteiger partial charge on any atom is -0.480 e. The molecule has 0 aliphatic rings. The molecular weight excluding hydrogens is 226 g/mol. The quantitative estimate of drug-likeness (QED) is 0.685. The van der Waals surface area contributed by atoms with Crippen molar-refractivity contribution >= 4 is 23.6 Å². The predicted octanol–water partition coefficient (Wildman–Crippen LogP) is 1.75. The minimum absolute atomic E-state index is 0.164. The van der Waals surface area contributed by atoms with Crippen LogP contribution in [-0.2, 0) is 9.59 Å². The number of carboxylic acids is 1. The zero-order valence-electron chi connectivity index (χ0n) is 10.2. The van der Waals surface area contributed by atoms with E-state index in [1.807, 2.05) is 20.1 Å². The number of hydrogen-bond donors (Lipinski definition) is 2. The lowest BCUT2D eigenvalue weighted by atomic mass is 10.0. The summed E-state index contributed by atoms with van der Waals surface area (Å²) in [5.41, 5.74) is 0. The molecule has 0 aromatic carbocycles. The standard InChI is InChI=1S/C11H21NO3S/c1-4-8(2)7-10(13)12-9(11(14)15)5-6-16-3/h8-9H,4-7H2,1-3H3,(H,12,13)(H,14,15)/t8-,9-/m0/s1. The lowest BCUT2D eigenvalue weighted by Gasteiger charge is -2.15. The molecule has 0 bridgehead atoms. The zero-order chi connectivity index (χ0) is 12.6. The highest BCUT2D eigenvalue weighted by molar-refractivity contribution is 7.98. The van der Waals surface area contributed by atoms with Gasteiger partial charge in [-0.1, -0.05) is 20.3 Å². The highest BCUT2D eigenvalue weighted by atomic mass is 32.2. The van der Waals surface area contributed by atoms with Gasteiger partial charge >= 0.3 is 5.97 Å². The number of rotatable bonds is 8. The number of aliphatic carboxylic acids is 1. The first kappa shape index (κ1) is 15.3. The third-order valence-corrected chi connectivity index (χ3v) is 3.12. The molecule has 2 N–H and O–H groups in total. The monoisotopic (exact) mass is 247 g/mol. The Bertz CT molecular complexity index is 233. The summed E-state index contributed by atoms with van der Waals surface area (Å²) in [5, 5.41) is 11.5. The summed E-state index contributed by atoms with van der Waals surface area (Å²) in [5.74, 6) is -0.0787. The molecule has 0 aromatic rings. The van der Waals surface area contributed by atoms with Crippen LogP contribution in [0, 0.1) is 5.92 Å². The molecule has 0 spiro atoms. The SMILES string of the molecule is CC[C@H](C)CC(=O)N[C@@H](CCSC)C(=O)O. The van der Waals surface area contributed by atoms with Gasteiger partial charge < -0.3 is 10.4 Å². The van der Waals surface area contributed by atoms with Crippen molar-refractivity contribution in [2.24, 2.45) is 5.92 Å². The first-order valence-corrected chi connectivity index (χ1v) is 6.91. The number of hydrogen-bond acceptors (Lipinski definition) is 3. The molecule has 1 amide bonds. The number of amides is 1. The Labute approximate surface area is 101 Å². The van der Waals surface area contributed by atoms with Crippen LogP contribution in [0.5, 0.6) is 0 Å². The van der Waals surface area contributed by atoms with Gasteiger partial charge in [-0.25, -0.2) is 4.79 Å². The van der Waals surface area contributed by atoms with Gasteiger partial charge in [-0.3, -0.25) is 4.79 Å². The fraction of sp³-hybridized carbons (Fsp3) is 0.818. The van der Waals surface area contributed by atoms with Crippen LogP contribution >= 0.6 is 11.8 Å². The molecule has 0 aliphatic carbocycles. The first-order valence-electron chi connectivity index (χ1n) is 5.52. The molecule has 0 heterocycles. The zero-order valence-corrected chi connectivity index (χ0v) is 11.0. The summed E-state index contributed by atoms with van der Waals surface area (Å²) in [6.45, 7) is 4.00. The van der Waals surface area contributed by atoms with E-state index < -0.39 is 12.0 Å². The fourth-order valence-electron chi connectivity index (χ4n) is 1.21. The number of nitrogens with one attached hydrogen (secondary N) is 1. The number of thioether (sulfide) groups is 1. The molecule has 0 saturated heterocycles. The van der Waals surface area contributed by atoms with E-state index in [0.29, 0.717) is 18.8 Å². The van der Waals surface area contributed by atoms with Gasteiger partial charge in [0.25, 0.3) is 0 Å². The van der Waals surface area contributed by atoms with Gasteiger partial charge in [-0.2, -0.15) is 11.8 Å². The van der Waals surface area contributed by atoms with Crippen molar-refractivity contribution in [3.05, 3.63) is 0 Å². The van der Waals surface area contributed by atoms with E-state index in [-0.39, 0.29) is 5.91 Å². The van der Waals surface area contributed by atoms with Crippen LogP contribution in [0.15, 0.2) is 0 Å². The molecule has 0 unspecified atom stereocenters. The molecule has 4 nitrogen and oxygen atoms in total. The molecule has 94 valence electrons. The van der Waals surface area contributed by atoms with Crippen molar-refractivity contribution in [2.45, 2.75) is 39.2 Å². The summed E-state index contributed by atoms with van der Waals surface area (Å²) in [7, 11) is 0. The first-order chi connectivity index (χ1) is 7.51. The molecule has 5 heteroatoms. The molecule has 0 fully saturated rings. The van der Waals surface area contributed by atoms with E-state index in [1.165, 1.54) is 0 Å². The Morgan fingerprint density at radius 3 is 2.50 bits per heavy atom. The Kier molecular flexibility index (Phi) is 8.07. The van der Waals surface area contributed by atoms with Crippen LogP contribution in [0.3, 0.4) is 0 Å². The van der Waals surface area contributed by atoms with Gasteiger partial charge in [-0.15, -0.1) is 0 Å². The Morgan fingerprint density at radius 2 is 2.06 bits per heavy atom. The smallest absolute Gasteiger partial charge is 0.326 e. The van der Waals surface area contributed by atoms with E-state index in [4.69, 9.17) is 5.11 Å². The van der Waals surface area contributed by atoms with Crippen molar-refractivity contribution in [3.8, 4) is 0 Å². The van der Waals surface area contributed by atoms with Crippen molar-refractivity contribution in [2.75, 3.05) is 12.0 Å². The Morgan fingerprint density at radius 1 is 1.44 bits per heavy atom. The van der Waals surface area contributed by atoms with Crippen LogP contribution in [0.25, 0.3) is 0 Å². The number of carbonyl (C=O) groups excluding carboxylic acids is 1. The van der Waals surface area contributed by atoms with Crippen LogP contribution in [-0.4, -0.2) is 35.0 Å². The van der Waals surface area contributed by atoms with Gasteiger partial charge in [0.2, 0.25) is 5.91 Å². The third-order valence-electron chi connectivity index (χ3n) is 2.47. The van der Waals surface area contributed by atoms with Crippen molar-refractivity contribution in [3.63, 3.8) is 0 Å². The Balaban J connectivity index is 4.07. The fourth-order valence-corrected chi connectivity index (χ4v) is 1.68. The number of carbonyl (C=O) groups is 2. The van der Waals surface area contributed by atoms with E-state index >= 15 is 0 Å². The summed E-state index contributed by atoms with van der Waals surface area (Å²) >= 11 is 1.58. The minimum atomic E-state index is -0.952. The maximum Gasteiger partial charge on any atom is 0.326 e. The highest BCUT2D eigenvalue weighted by Crippen LogP contribution is 2.07. The van der Waals surface area contributed by atoms with Crippen molar-refractivity contribution in [1.82, 2.24) is 5.32 Å². The van der Waals surface area contributed by atoms with Gasteiger partial charge in [0.1, 0.15) is 6.04 Å². The molecule has 0 aliphatic heterocycles. The van der Waals surface area contributed by atoms with Crippen molar-refractivity contribution < 1.29 is 14.7 Å². The lowest BCUT2D eigenvalue weighted by Crippen LogP contribution is -2.41. The second kappa shape index (κ2) is 8.44. The lowest BCUT2D eigenvalue weighted by molar-refractivity contribution is -0.142. The normalized spacial score (nSPS) is 14.2. The topological polar surface area (TPSA) is 66.4 Å². The van der Waals surface area contributed by atoms with E-state index in [2.05, 4.69) is 5.32 Å². The van der Waals surface area contributed by atoms with Gasteiger partial charge in [0.05, 0.1) is 0 Å². The molecule has 0 radical (unpaired) electrons. The average Bonchev–Trinajstić information content (AvgIpc) is 2.23.